The summed E-state index contributed by atoms with van der Waals surface area (Å²) < 4.78 is 0. The molecule has 1 heterocycles. The predicted molar refractivity (Wildman–Crippen MR) is 81.1 cm³/mol. The van der Waals surface area contributed by atoms with Crippen LogP contribution in [0.1, 0.15) is 65.7 Å². The normalized spacial score (nSPS) is 23.2. The molecule has 1 rings (SSSR count). The first kappa shape index (κ1) is 16.0. The first-order chi connectivity index (χ1) is 8.80. The molecule has 0 aromatic rings. The quantitative estimate of drug-likeness (QED) is 0.675. The smallest absolute Gasteiger partial charge is 0.0195 e. The van der Waals surface area contributed by atoms with Crippen molar-refractivity contribution in [2.24, 2.45) is 5.92 Å². The van der Waals surface area contributed by atoms with Gasteiger partial charge in [0.05, 0.1) is 0 Å². The van der Waals surface area contributed by atoms with E-state index in [4.69, 9.17) is 0 Å². The predicted octanol–water partition coefficient (Wildman–Crippen LogP) is 3.67. The van der Waals surface area contributed by atoms with Gasteiger partial charge >= 0.3 is 0 Å². The lowest BCUT2D eigenvalue weighted by Crippen LogP contribution is -2.47. The average molecular weight is 254 g/mol. The number of hydrogen-bond donors (Lipinski definition) is 1. The highest BCUT2D eigenvalue weighted by molar-refractivity contribution is 4.79. The number of nitrogens with one attached hydrogen (secondary N) is 1. The lowest BCUT2D eigenvalue weighted by atomic mass is 9.97. The van der Waals surface area contributed by atoms with E-state index in [2.05, 4.69) is 31.0 Å². The molecule has 2 heteroatoms. The van der Waals surface area contributed by atoms with E-state index in [9.17, 15) is 0 Å². The summed E-state index contributed by atoms with van der Waals surface area (Å²) in [6, 6.07) is 0.752. The molecule has 2 atom stereocenters. The second kappa shape index (κ2) is 9.80. The summed E-state index contributed by atoms with van der Waals surface area (Å²) >= 11 is 0. The van der Waals surface area contributed by atoms with E-state index >= 15 is 0 Å². The minimum Gasteiger partial charge on any atom is -0.313 e. The van der Waals surface area contributed by atoms with Gasteiger partial charge in [0, 0.05) is 19.1 Å². The fourth-order valence-electron chi connectivity index (χ4n) is 3.02. The van der Waals surface area contributed by atoms with Gasteiger partial charge in [-0.25, -0.2) is 0 Å². The van der Waals surface area contributed by atoms with Crippen molar-refractivity contribution in [3.8, 4) is 0 Å². The van der Waals surface area contributed by atoms with Gasteiger partial charge in [0.25, 0.3) is 0 Å². The van der Waals surface area contributed by atoms with Gasteiger partial charge in [-0.2, -0.15) is 0 Å². The van der Waals surface area contributed by atoms with E-state index in [0.717, 1.165) is 12.0 Å². The molecule has 1 fully saturated rings. The molecule has 2 unspecified atom stereocenters. The van der Waals surface area contributed by atoms with Crippen molar-refractivity contribution in [3.05, 3.63) is 0 Å². The lowest BCUT2D eigenvalue weighted by Gasteiger charge is -2.35. The van der Waals surface area contributed by atoms with Gasteiger partial charge in [-0.1, -0.05) is 40.0 Å². The molecule has 0 spiro atoms. The van der Waals surface area contributed by atoms with Gasteiger partial charge in [0.15, 0.2) is 0 Å². The summed E-state index contributed by atoms with van der Waals surface area (Å²) in [5.74, 6) is 0.926. The van der Waals surface area contributed by atoms with Gasteiger partial charge in [0.1, 0.15) is 0 Å². The fourth-order valence-corrected chi connectivity index (χ4v) is 3.02. The number of piperidine rings is 1. The zero-order valence-electron chi connectivity index (χ0n) is 12.9. The van der Waals surface area contributed by atoms with E-state index in [1.807, 2.05) is 0 Å². The minimum atomic E-state index is 0.752. The molecular weight excluding hydrogens is 220 g/mol. The van der Waals surface area contributed by atoms with Crippen LogP contribution in [0.5, 0.6) is 0 Å². The summed E-state index contributed by atoms with van der Waals surface area (Å²) in [6.07, 6.45) is 9.54. The van der Waals surface area contributed by atoms with Crippen LogP contribution in [0.4, 0.5) is 0 Å². The Balaban J connectivity index is 2.26. The highest BCUT2D eigenvalue weighted by Gasteiger charge is 2.21. The molecule has 18 heavy (non-hydrogen) atoms. The zero-order valence-corrected chi connectivity index (χ0v) is 12.9. The number of nitrogens with zero attached hydrogens (tertiary/aromatic N) is 1. The fraction of sp³-hybridized carbons (Fsp3) is 1.00. The molecule has 1 N–H and O–H groups in total. The van der Waals surface area contributed by atoms with Gasteiger partial charge in [-0.15, -0.1) is 0 Å². The summed E-state index contributed by atoms with van der Waals surface area (Å²) in [7, 11) is 0. The standard InChI is InChI=1S/C16H34N2/c1-4-7-9-15(6-3)13-18-12-8-10-16(14-18)17-11-5-2/h15-17H,4-14H2,1-3H3. The maximum Gasteiger partial charge on any atom is 0.0195 e. The summed E-state index contributed by atoms with van der Waals surface area (Å²) in [5.41, 5.74) is 0. The van der Waals surface area contributed by atoms with Crippen molar-refractivity contribution in [2.45, 2.75) is 71.8 Å². The van der Waals surface area contributed by atoms with Gasteiger partial charge in [0.2, 0.25) is 0 Å². The average Bonchev–Trinajstić information content (AvgIpc) is 2.41. The summed E-state index contributed by atoms with van der Waals surface area (Å²) in [6.45, 7) is 12.0. The molecule has 0 saturated carbocycles. The van der Waals surface area contributed by atoms with Crippen molar-refractivity contribution in [3.63, 3.8) is 0 Å². The molecule has 0 amide bonds. The molecule has 1 aliphatic heterocycles. The Labute approximate surface area is 115 Å². The van der Waals surface area contributed by atoms with E-state index in [-0.39, 0.29) is 0 Å². The Kier molecular flexibility index (Phi) is 8.70. The van der Waals surface area contributed by atoms with Crippen LogP contribution in [0.3, 0.4) is 0 Å². The van der Waals surface area contributed by atoms with Crippen LogP contribution in [0.15, 0.2) is 0 Å². The second-order valence-electron chi connectivity index (χ2n) is 5.97. The second-order valence-corrected chi connectivity index (χ2v) is 5.97. The Morgan fingerprint density at radius 1 is 1.22 bits per heavy atom. The van der Waals surface area contributed by atoms with Crippen LogP contribution in [0, 0.1) is 5.92 Å². The topological polar surface area (TPSA) is 15.3 Å². The van der Waals surface area contributed by atoms with Crippen LogP contribution < -0.4 is 5.32 Å². The highest BCUT2D eigenvalue weighted by Crippen LogP contribution is 2.17. The maximum atomic E-state index is 3.69. The van der Waals surface area contributed by atoms with Crippen molar-refractivity contribution >= 4 is 0 Å². The molecule has 0 bridgehead atoms. The van der Waals surface area contributed by atoms with E-state index in [1.165, 1.54) is 71.1 Å². The van der Waals surface area contributed by atoms with Crippen LogP contribution >= 0.6 is 0 Å². The number of unbranched alkanes of at least 4 members (excludes halogenated alkanes) is 1. The summed E-state index contributed by atoms with van der Waals surface area (Å²) in [4.78, 5) is 2.71. The largest absolute Gasteiger partial charge is 0.313 e. The Bertz CT molecular complexity index is 194. The van der Waals surface area contributed by atoms with Gasteiger partial charge < -0.3 is 10.2 Å². The Hall–Kier alpha value is -0.0800. The third-order valence-corrected chi connectivity index (χ3v) is 4.25. The molecule has 1 saturated heterocycles. The molecule has 0 aromatic heterocycles. The molecule has 0 aliphatic carbocycles. The first-order valence-electron chi connectivity index (χ1n) is 8.25. The Morgan fingerprint density at radius 3 is 2.72 bits per heavy atom. The molecule has 1 aliphatic rings. The van der Waals surface area contributed by atoms with Gasteiger partial charge in [-0.3, -0.25) is 0 Å². The number of hydrogen-bond acceptors (Lipinski definition) is 2. The van der Waals surface area contributed by atoms with E-state index < -0.39 is 0 Å². The maximum absolute atomic E-state index is 3.69. The van der Waals surface area contributed by atoms with Gasteiger partial charge in [-0.05, 0) is 44.7 Å². The van der Waals surface area contributed by atoms with Crippen LogP contribution in [0.2, 0.25) is 0 Å². The number of likely N-dealkylation sites (tertiary alicyclic amines) is 1. The lowest BCUT2D eigenvalue weighted by molar-refractivity contribution is 0.159. The van der Waals surface area contributed by atoms with Crippen LogP contribution in [-0.4, -0.2) is 37.1 Å². The van der Waals surface area contributed by atoms with Crippen molar-refractivity contribution in [2.75, 3.05) is 26.2 Å². The van der Waals surface area contributed by atoms with Crippen molar-refractivity contribution in [1.82, 2.24) is 10.2 Å². The monoisotopic (exact) mass is 254 g/mol. The van der Waals surface area contributed by atoms with Crippen molar-refractivity contribution < 1.29 is 0 Å². The van der Waals surface area contributed by atoms with Crippen LogP contribution in [-0.2, 0) is 0 Å². The number of rotatable bonds is 9. The van der Waals surface area contributed by atoms with E-state index in [1.54, 1.807) is 0 Å². The first-order valence-corrected chi connectivity index (χ1v) is 8.25. The van der Waals surface area contributed by atoms with Crippen LogP contribution in [0.25, 0.3) is 0 Å². The molecule has 0 aromatic carbocycles. The van der Waals surface area contributed by atoms with Crippen molar-refractivity contribution in [1.29, 1.82) is 0 Å². The Morgan fingerprint density at radius 2 is 2.06 bits per heavy atom. The molecule has 0 radical (unpaired) electrons. The van der Waals surface area contributed by atoms with E-state index in [0.29, 0.717) is 0 Å². The summed E-state index contributed by atoms with van der Waals surface area (Å²) in [5, 5.41) is 3.69. The molecule has 2 nitrogen and oxygen atoms in total. The minimum absolute atomic E-state index is 0.752. The molecule has 108 valence electrons. The zero-order chi connectivity index (χ0) is 13.2. The third kappa shape index (κ3) is 6.19. The molecular formula is C16H34N2. The highest BCUT2D eigenvalue weighted by atomic mass is 15.2. The third-order valence-electron chi connectivity index (χ3n) is 4.25. The SMILES string of the molecule is CCCCC(CC)CN1CCCC(NCCC)C1.